The van der Waals surface area contributed by atoms with Crippen molar-refractivity contribution in [3.05, 3.63) is 91.2 Å². The number of carbonyl (C=O) groups excluding carboxylic acids is 1. The molecule has 0 aliphatic carbocycles. The van der Waals surface area contributed by atoms with Gasteiger partial charge in [0, 0.05) is 30.0 Å². The maximum atomic E-state index is 12.7. The van der Waals surface area contributed by atoms with Gasteiger partial charge in [-0.05, 0) is 18.1 Å². The number of rotatable bonds is 5. The highest BCUT2D eigenvalue weighted by Crippen LogP contribution is 2.53. The normalized spacial score (nSPS) is 18.9. The Morgan fingerprint density at radius 2 is 1.42 bits per heavy atom. The van der Waals surface area contributed by atoms with Crippen LogP contribution in [0.3, 0.4) is 0 Å². The number of benzene rings is 2. The minimum Gasteiger partial charge on any atom is -0.466 e. The van der Waals surface area contributed by atoms with Crippen molar-refractivity contribution in [3.8, 4) is 12.1 Å². The fourth-order valence-corrected chi connectivity index (χ4v) is 4.04. The Kier molecular flexibility index (Phi) is 6.08. The molecule has 2 unspecified atom stereocenters. The summed E-state index contributed by atoms with van der Waals surface area (Å²) >= 11 is 0. The average molecular weight is 447 g/mol. The average Bonchev–Trinajstić information content (AvgIpc) is 2.83. The third kappa shape index (κ3) is 3.83. The van der Waals surface area contributed by atoms with Crippen LogP contribution >= 0.6 is 0 Å². The smallest absolute Gasteiger partial charge is 0.336 e. The first-order chi connectivity index (χ1) is 15.7. The van der Waals surface area contributed by atoms with Crippen molar-refractivity contribution >= 4 is 17.3 Å². The molecular formula is C22H17N5O6. The van der Waals surface area contributed by atoms with Gasteiger partial charge < -0.3 is 10.1 Å². The van der Waals surface area contributed by atoms with E-state index in [0.717, 1.165) is 0 Å². The molecule has 0 saturated carbocycles. The van der Waals surface area contributed by atoms with Crippen LogP contribution in [0.25, 0.3) is 0 Å². The molecule has 166 valence electrons. The molecular weight excluding hydrogens is 430 g/mol. The summed E-state index contributed by atoms with van der Waals surface area (Å²) in [5, 5.41) is 45.6. The molecule has 2 aromatic rings. The van der Waals surface area contributed by atoms with Gasteiger partial charge in [0.15, 0.2) is 5.41 Å². The van der Waals surface area contributed by atoms with Gasteiger partial charge in [-0.25, -0.2) is 4.79 Å². The molecule has 11 nitrogen and oxygen atoms in total. The molecule has 0 saturated heterocycles. The second-order valence-corrected chi connectivity index (χ2v) is 7.33. The van der Waals surface area contributed by atoms with E-state index in [1.807, 2.05) is 12.1 Å². The van der Waals surface area contributed by atoms with Gasteiger partial charge in [-0.1, -0.05) is 24.3 Å². The minimum atomic E-state index is -1.89. The number of ether oxygens (including phenoxy) is 1. The van der Waals surface area contributed by atoms with Gasteiger partial charge in [0.05, 0.1) is 46.6 Å². The molecule has 1 N–H and O–H groups in total. The van der Waals surface area contributed by atoms with E-state index in [9.17, 15) is 35.5 Å². The first kappa shape index (κ1) is 22.9. The predicted molar refractivity (Wildman–Crippen MR) is 113 cm³/mol. The Morgan fingerprint density at radius 3 is 1.82 bits per heavy atom. The van der Waals surface area contributed by atoms with Crippen LogP contribution in [0, 0.1) is 48.3 Å². The number of non-ortho nitro benzene ring substituents is 2. The van der Waals surface area contributed by atoms with Gasteiger partial charge >= 0.3 is 5.97 Å². The van der Waals surface area contributed by atoms with Crippen LogP contribution in [-0.2, 0) is 9.53 Å². The number of nitro benzene ring substituents is 2. The quantitative estimate of drug-likeness (QED) is 0.409. The number of nitrogens with one attached hydrogen (secondary N) is 1. The number of hydrogen-bond acceptors (Lipinski definition) is 9. The monoisotopic (exact) mass is 447 g/mol. The van der Waals surface area contributed by atoms with Crippen molar-refractivity contribution in [1.82, 2.24) is 5.32 Å². The highest BCUT2D eigenvalue weighted by atomic mass is 16.6. The van der Waals surface area contributed by atoms with Crippen molar-refractivity contribution in [2.45, 2.75) is 18.9 Å². The first-order valence-electron chi connectivity index (χ1n) is 9.57. The Hall–Kier alpha value is -4.77. The summed E-state index contributed by atoms with van der Waals surface area (Å²) in [6.07, 6.45) is 0. The van der Waals surface area contributed by atoms with Crippen molar-refractivity contribution in [2.24, 2.45) is 5.41 Å². The summed E-state index contributed by atoms with van der Waals surface area (Å²) in [6, 6.07) is 13.7. The molecule has 0 bridgehead atoms. The lowest BCUT2D eigenvalue weighted by molar-refractivity contribution is -0.385. The zero-order valence-electron chi connectivity index (χ0n) is 17.5. The van der Waals surface area contributed by atoms with E-state index in [0.29, 0.717) is 16.8 Å². The van der Waals surface area contributed by atoms with Gasteiger partial charge in [0.2, 0.25) is 0 Å². The topological polar surface area (TPSA) is 172 Å². The number of nitrogens with zero attached hydrogens (tertiary/aromatic N) is 4. The highest BCUT2D eigenvalue weighted by Gasteiger charge is 2.55. The van der Waals surface area contributed by atoms with Crippen molar-refractivity contribution in [3.63, 3.8) is 0 Å². The molecule has 0 amide bonds. The maximum absolute atomic E-state index is 12.7. The Morgan fingerprint density at radius 1 is 0.970 bits per heavy atom. The minimum absolute atomic E-state index is 0.0348. The molecule has 1 aliphatic heterocycles. The second kappa shape index (κ2) is 8.77. The van der Waals surface area contributed by atoms with Crippen molar-refractivity contribution in [2.75, 3.05) is 7.11 Å². The third-order valence-electron chi connectivity index (χ3n) is 5.61. The highest BCUT2D eigenvalue weighted by molar-refractivity contribution is 5.92. The number of methoxy groups -OCH3 is 1. The first-order valence-corrected chi connectivity index (χ1v) is 9.57. The number of hydrogen-bond donors (Lipinski definition) is 1. The Bertz CT molecular complexity index is 1220. The predicted octanol–water partition coefficient (Wildman–Crippen LogP) is 3.41. The van der Waals surface area contributed by atoms with Crippen LogP contribution in [0.4, 0.5) is 11.4 Å². The number of esters is 1. The summed E-state index contributed by atoms with van der Waals surface area (Å²) in [6.45, 7) is 1.59. The standard InChI is InChI=1S/C22H17N5O6/c1-13-18(21(28)33-2)19(14-3-7-16(8-4-14)26(29)30)22(11-23,12-24)20(25-13)15-5-9-17(10-6-15)27(31)32/h3-10,19-20,25H,1-2H3. The lowest BCUT2D eigenvalue weighted by Gasteiger charge is -2.42. The van der Waals surface area contributed by atoms with Gasteiger partial charge in [-0.15, -0.1) is 0 Å². The van der Waals surface area contributed by atoms with Crippen LogP contribution in [0.5, 0.6) is 0 Å². The SMILES string of the molecule is COC(=O)C1=C(C)NC(c2ccc([N+](=O)[O-])cc2)C(C#N)(C#N)C1c1ccc([N+](=O)[O-])cc1. The molecule has 11 heteroatoms. The lowest BCUT2D eigenvalue weighted by Crippen LogP contribution is -2.47. The number of carbonyl (C=O) groups is 1. The lowest BCUT2D eigenvalue weighted by atomic mass is 9.62. The molecule has 2 atom stereocenters. The van der Waals surface area contributed by atoms with Gasteiger partial charge in [-0.3, -0.25) is 20.2 Å². The summed E-state index contributed by atoms with van der Waals surface area (Å²) < 4.78 is 4.90. The molecule has 0 fully saturated rings. The van der Waals surface area contributed by atoms with Gasteiger partial charge in [-0.2, -0.15) is 10.5 Å². The van der Waals surface area contributed by atoms with E-state index >= 15 is 0 Å². The Labute approximate surface area is 187 Å². The number of allylic oxidation sites excluding steroid dienone is 1. The molecule has 2 aromatic carbocycles. The van der Waals surface area contributed by atoms with E-state index < -0.39 is 33.2 Å². The Balaban J connectivity index is 2.27. The van der Waals surface area contributed by atoms with Crippen LogP contribution in [0.15, 0.2) is 59.8 Å². The molecule has 0 radical (unpaired) electrons. The van der Waals surface area contributed by atoms with E-state index in [-0.39, 0.29) is 16.9 Å². The summed E-state index contributed by atoms with van der Waals surface area (Å²) in [5.41, 5.74) is -1.13. The number of nitro groups is 2. The third-order valence-corrected chi connectivity index (χ3v) is 5.61. The fourth-order valence-electron chi connectivity index (χ4n) is 4.04. The molecule has 1 heterocycles. The van der Waals surface area contributed by atoms with Crippen molar-refractivity contribution < 1.29 is 19.4 Å². The molecule has 0 aromatic heterocycles. The van der Waals surface area contributed by atoms with Gasteiger partial charge in [0.25, 0.3) is 11.4 Å². The van der Waals surface area contributed by atoms with Crippen molar-refractivity contribution in [1.29, 1.82) is 10.5 Å². The van der Waals surface area contributed by atoms with Gasteiger partial charge in [0.1, 0.15) is 0 Å². The fraction of sp³-hybridized carbons (Fsp3) is 0.227. The molecule has 1 aliphatic rings. The zero-order valence-corrected chi connectivity index (χ0v) is 17.5. The molecule has 0 spiro atoms. The van der Waals surface area contributed by atoms with E-state index in [1.54, 1.807) is 6.92 Å². The maximum Gasteiger partial charge on any atom is 0.336 e. The van der Waals surface area contributed by atoms with E-state index in [4.69, 9.17) is 4.74 Å². The van der Waals surface area contributed by atoms with E-state index in [2.05, 4.69) is 5.32 Å². The largest absolute Gasteiger partial charge is 0.466 e. The van der Waals surface area contributed by atoms with Crippen LogP contribution in [0.1, 0.15) is 30.0 Å². The van der Waals surface area contributed by atoms with Crippen LogP contribution < -0.4 is 5.32 Å². The number of nitriles is 2. The summed E-state index contributed by atoms with van der Waals surface area (Å²) in [5.74, 6) is -1.89. The van der Waals surface area contributed by atoms with Crippen LogP contribution in [0.2, 0.25) is 0 Å². The molecule has 3 rings (SSSR count). The second-order valence-electron chi connectivity index (χ2n) is 7.33. The summed E-state index contributed by atoms with van der Waals surface area (Å²) in [4.78, 5) is 33.6. The summed E-state index contributed by atoms with van der Waals surface area (Å²) in [7, 11) is 1.17. The molecule has 33 heavy (non-hydrogen) atoms. The zero-order chi connectivity index (χ0) is 24.3. The van der Waals surface area contributed by atoms with E-state index in [1.165, 1.54) is 55.6 Å². The van der Waals surface area contributed by atoms with Crippen LogP contribution in [-0.4, -0.2) is 22.9 Å².